The fourth-order valence-electron chi connectivity index (χ4n) is 2.32. The van der Waals surface area contributed by atoms with Crippen molar-refractivity contribution in [2.45, 2.75) is 58.0 Å². The first-order valence-electron chi connectivity index (χ1n) is 7.47. The highest BCUT2D eigenvalue weighted by atomic mass is 16.4. The van der Waals surface area contributed by atoms with Gasteiger partial charge in [-0.15, -0.1) is 0 Å². The van der Waals surface area contributed by atoms with E-state index < -0.39 is 18.0 Å². The Labute approximate surface area is 125 Å². The molecule has 1 aliphatic heterocycles. The maximum atomic E-state index is 12.1. The summed E-state index contributed by atoms with van der Waals surface area (Å²) in [5, 5.41) is 13.8. The van der Waals surface area contributed by atoms with E-state index in [-0.39, 0.29) is 18.4 Å². The monoisotopic (exact) mass is 299 g/mol. The summed E-state index contributed by atoms with van der Waals surface area (Å²) >= 11 is 0. The molecule has 0 radical (unpaired) electrons. The van der Waals surface area contributed by atoms with E-state index in [2.05, 4.69) is 10.6 Å². The number of urea groups is 1. The lowest BCUT2D eigenvalue weighted by atomic mass is 10.1. The summed E-state index contributed by atoms with van der Waals surface area (Å²) in [5.41, 5.74) is 0. The lowest BCUT2D eigenvalue weighted by Gasteiger charge is -2.29. The third kappa shape index (κ3) is 6.46. The van der Waals surface area contributed by atoms with Crippen LogP contribution in [0.1, 0.15) is 46.0 Å². The van der Waals surface area contributed by atoms with E-state index in [1.165, 1.54) is 0 Å². The van der Waals surface area contributed by atoms with Crippen molar-refractivity contribution in [3.05, 3.63) is 0 Å². The molecule has 0 bridgehead atoms. The summed E-state index contributed by atoms with van der Waals surface area (Å²) in [6.45, 7) is 4.90. The fourth-order valence-corrected chi connectivity index (χ4v) is 2.32. The second-order valence-electron chi connectivity index (χ2n) is 5.56. The molecule has 0 aromatic carbocycles. The fraction of sp³-hybridized carbons (Fsp3) is 0.786. The molecule has 1 rings (SSSR count). The number of amides is 3. The quantitative estimate of drug-likeness (QED) is 0.679. The molecule has 0 aliphatic carbocycles. The van der Waals surface area contributed by atoms with Gasteiger partial charge >= 0.3 is 12.0 Å². The third-order valence-electron chi connectivity index (χ3n) is 3.55. The van der Waals surface area contributed by atoms with Gasteiger partial charge in [0.2, 0.25) is 5.91 Å². The lowest BCUT2D eigenvalue weighted by Crippen LogP contribution is -2.52. The second kappa shape index (κ2) is 8.49. The summed E-state index contributed by atoms with van der Waals surface area (Å²) < 4.78 is 0. The van der Waals surface area contributed by atoms with Crippen LogP contribution in [-0.2, 0) is 9.59 Å². The van der Waals surface area contributed by atoms with Crippen LogP contribution in [0.3, 0.4) is 0 Å². The van der Waals surface area contributed by atoms with Gasteiger partial charge in [0.1, 0.15) is 6.04 Å². The topological polar surface area (TPSA) is 98.7 Å². The molecular formula is C14H25N3O4. The zero-order valence-corrected chi connectivity index (χ0v) is 12.7. The first-order chi connectivity index (χ1) is 9.90. The van der Waals surface area contributed by atoms with E-state index in [1.54, 1.807) is 18.7 Å². The van der Waals surface area contributed by atoms with E-state index in [0.29, 0.717) is 6.42 Å². The lowest BCUT2D eigenvalue weighted by molar-refractivity contribution is -0.137. The molecule has 1 heterocycles. The summed E-state index contributed by atoms with van der Waals surface area (Å²) in [7, 11) is 0. The van der Waals surface area contributed by atoms with Gasteiger partial charge in [-0.1, -0.05) is 0 Å². The van der Waals surface area contributed by atoms with E-state index >= 15 is 0 Å². The van der Waals surface area contributed by atoms with Crippen molar-refractivity contribution >= 4 is 17.9 Å². The van der Waals surface area contributed by atoms with E-state index in [4.69, 9.17) is 5.11 Å². The number of aliphatic carboxylic acids is 1. The molecule has 7 nitrogen and oxygen atoms in total. The summed E-state index contributed by atoms with van der Waals surface area (Å²) in [6, 6.07) is -1.26. The molecule has 0 saturated carbocycles. The highest BCUT2D eigenvalue weighted by molar-refractivity contribution is 5.86. The molecule has 1 fully saturated rings. The van der Waals surface area contributed by atoms with E-state index in [0.717, 1.165) is 32.4 Å². The zero-order chi connectivity index (χ0) is 15.8. The summed E-state index contributed by atoms with van der Waals surface area (Å²) in [5.74, 6) is -0.958. The minimum atomic E-state index is -0.891. The SMILES string of the molecule is CC(CCC(=O)O)NC(=O)NC(C)C(=O)N1CCCCC1. The Morgan fingerprint density at radius 1 is 1.10 bits per heavy atom. The smallest absolute Gasteiger partial charge is 0.315 e. The number of carbonyl (C=O) groups excluding carboxylic acids is 2. The average molecular weight is 299 g/mol. The Bertz CT molecular complexity index is 380. The minimum absolute atomic E-state index is 0.00368. The molecule has 0 aromatic heterocycles. The van der Waals surface area contributed by atoms with Gasteiger partial charge in [-0.3, -0.25) is 9.59 Å². The Balaban J connectivity index is 2.32. The van der Waals surface area contributed by atoms with Gasteiger partial charge in [-0.25, -0.2) is 4.79 Å². The number of carboxylic acid groups (broad SMARTS) is 1. The van der Waals surface area contributed by atoms with Gasteiger partial charge < -0.3 is 20.6 Å². The van der Waals surface area contributed by atoms with Crippen LogP contribution in [-0.4, -0.2) is 53.1 Å². The number of rotatable bonds is 6. The van der Waals surface area contributed by atoms with Gasteiger partial charge in [-0.2, -0.15) is 0 Å². The highest BCUT2D eigenvalue weighted by Gasteiger charge is 2.23. The Kier molecular flexibility index (Phi) is 6.98. The number of piperidine rings is 1. The first-order valence-corrected chi connectivity index (χ1v) is 7.47. The maximum absolute atomic E-state index is 12.1. The molecule has 3 N–H and O–H groups in total. The van der Waals surface area contributed by atoms with Gasteiger partial charge in [0.05, 0.1) is 0 Å². The standard InChI is InChI=1S/C14H25N3O4/c1-10(6-7-12(18)19)15-14(21)16-11(2)13(20)17-8-4-3-5-9-17/h10-11H,3-9H2,1-2H3,(H,18,19)(H2,15,16,21). The number of hydrogen-bond donors (Lipinski definition) is 3. The largest absolute Gasteiger partial charge is 0.481 e. The maximum Gasteiger partial charge on any atom is 0.315 e. The van der Waals surface area contributed by atoms with Crippen LogP contribution in [0, 0.1) is 0 Å². The molecule has 0 aromatic rings. The van der Waals surface area contributed by atoms with Crippen molar-refractivity contribution < 1.29 is 19.5 Å². The summed E-state index contributed by atoms with van der Waals surface area (Å²) in [6.07, 6.45) is 3.53. The number of hydrogen-bond acceptors (Lipinski definition) is 3. The molecule has 21 heavy (non-hydrogen) atoms. The van der Waals surface area contributed by atoms with Crippen molar-refractivity contribution in [3.8, 4) is 0 Å². The first kappa shape index (κ1) is 17.3. The minimum Gasteiger partial charge on any atom is -0.481 e. The molecule has 2 unspecified atom stereocenters. The van der Waals surface area contributed by atoms with Crippen LogP contribution in [0.4, 0.5) is 4.79 Å². The van der Waals surface area contributed by atoms with Crippen LogP contribution in [0.15, 0.2) is 0 Å². The molecule has 1 aliphatic rings. The van der Waals surface area contributed by atoms with Crippen LogP contribution in [0.2, 0.25) is 0 Å². The zero-order valence-electron chi connectivity index (χ0n) is 12.7. The van der Waals surface area contributed by atoms with Gasteiger partial charge in [0, 0.05) is 25.6 Å². The molecule has 2 atom stereocenters. The van der Waals surface area contributed by atoms with Crippen LogP contribution in [0.25, 0.3) is 0 Å². The normalized spacial score (nSPS) is 17.7. The van der Waals surface area contributed by atoms with Gasteiger partial charge in [0.15, 0.2) is 0 Å². The van der Waals surface area contributed by atoms with Gasteiger partial charge in [-0.05, 0) is 39.5 Å². The number of nitrogens with one attached hydrogen (secondary N) is 2. The Morgan fingerprint density at radius 3 is 2.29 bits per heavy atom. The van der Waals surface area contributed by atoms with Crippen molar-refractivity contribution in [1.29, 1.82) is 0 Å². The summed E-state index contributed by atoms with van der Waals surface area (Å²) in [4.78, 5) is 36.1. The van der Waals surface area contributed by atoms with Crippen molar-refractivity contribution in [2.75, 3.05) is 13.1 Å². The van der Waals surface area contributed by atoms with E-state index in [1.807, 2.05) is 0 Å². The molecule has 3 amide bonds. The van der Waals surface area contributed by atoms with Crippen molar-refractivity contribution in [1.82, 2.24) is 15.5 Å². The van der Waals surface area contributed by atoms with Crippen LogP contribution < -0.4 is 10.6 Å². The van der Waals surface area contributed by atoms with Crippen molar-refractivity contribution in [3.63, 3.8) is 0 Å². The second-order valence-corrected chi connectivity index (χ2v) is 5.56. The van der Waals surface area contributed by atoms with Crippen LogP contribution >= 0.6 is 0 Å². The average Bonchev–Trinajstić information content (AvgIpc) is 2.45. The molecule has 7 heteroatoms. The molecule has 120 valence electrons. The predicted octanol–water partition coefficient (Wildman–Crippen LogP) is 0.940. The van der Waals surface area contributed by atoms with E-state index in [9.17, 15) is 14.4 Å². The van der Waals surface area contributed by atoms with Gasteiger partial charge in [0.25, 0.3) is 0 Å². The third-order valence-corrected chi connectivity index (χ3v) is 3.55. The van der Waals surface area contributed by atoms with Crippen LogP contribution in [0.5, 0.6) is 0 Å². The molecular weight excluding hydrogens is 274 g/mol. The Hall–Kier alpha value is -1.79. The molecule has 1 saturated heterocycles. The number of carbonyl (C=O) groups is 3. The van der Waals surface area contributed by atoms with Crippen molar-refractivity contribution in [2.24, 2.45) is 0 Å². The number of nitrogens with zero attached hydrogens (tertiary/aromatic N) is 1. The highest BCUT2D eigenvalue weighted by Crippen LogP contribution is 2.09. The number of carboxylic acids is 1. The molecule has 0 spiro atoms. The Morgan fingerprint density at radius 2 is 1.71 bits per heavy atom. The predicted molar refractivity (Wildman–Crippen MR) is 77.9 cm³/mol. The number of likely N-dealkylation sites (tertiary alicyclic amines) is 1.